The van der Waals surface area contributed by atoms with Gasteiger partial charge in [0.1, 0.15) is 10.0 Å². The molecule has 2 rings (SSSR count). The summed E-state index contributed by atoms with van der Waals surface area (Å²) < 4.78 is 185. The Morgan fingerprint density at radius 2 is 0.830 bits per heavy atom. The first-order valence-corrected chi connectivity index (χ1v) is 21.4. The van der Waals surface area contributed by atoms with Crippen LogP contribution in [0.2, 0.25) is 20.1 Å². The number of alkyl halides is 12. The fraction of sp³-hybridized carbons (Fsp3) is 0.600. The van der Waals surface area contributed by atoms with E-state index in [1.807, 2.05) is 0 Å². The van der Waals surface area contributed by atoms with Crippen molar-refractivity contribution < 1.29 is 66.5 Å². The Labute approximate surface area is 332 Å². The fourth-order valence-corrected chi connectivity index (χ4v) is 9.51. The molecule has 2 unspecified atom stereocenters. The van der Waals surface area contributed by atoms with Gasteiger partial charge in [0.15, 0.2) is 21.3 Å². The lowest BCUT2D eigenvalue weighted by Gasteiger charge is -2.21. The predicted octanol–water partition coefficient (Wildman–Crippen LogP) is 14.1. The summed E-state index contributed by atoms with van der Waals surface area (Å²) in [4.78, 5) is -1.12. The molecular formula is C30H30Cl4F12O3S4. The molecule has 2 aromatic carbocycles. The summed E-state index contributed by atoms with van der Waals surface area (Å²) in [5.74, 6) is -4.99. The first-order valence-electron chi connectivity index (χ1n) is 15.3. The zero-order chi connectivity index (χ0) is 40.4. The molecule has 2 atom stereocenters. The average molecular weight is 937 g/mol. The van der Waals surface area contributed by atoms with Crippen LogP contribution in [-0.4, -0.2) is 55.5 Å². The molecule has 0 bridgehead atoms. The predicted molar refractivity (Wildman–Crippen MR) is 189 cm³/mol. The number of rotatable bonds is 20. The minimum atomic E-state index is -4.91. The molecule has 53 heavy (non-hydrogen) atoms. The molecule has 3 nitrogen and oxygen atoms in total. The Balaban J connectivity index is 2.49. The smallest absolute Gasteiger partial charge is 0.441 e. The van der Waals surface area contributed by atoms with Crippen molar-refractivity contribution in [2.45, 2.75) is 97.4 Å². The molecular weight excluding hydrogens is 906 g/mol. The van der Waals surface area contributed by atoms with E-state index in [1.165, 1.54) is 0 Å². The third-order valence-electron chi connectivity index (χ3n) is 6.92. The van der Waals surface area contributed by atoms with E-state index in [9.17, 15) is 61.8 Å². The van der Waals surface area contributed by atoms with Crippen LogP contribution >= 0.6 is 69.9 Å². The second kappa shape index (κ2) is 21.6. The van der Waals surface area contributed by atoms with Gasteiger partial charge in [-0.1, -0.05) is 95.6 Å². The van der Waals surface area contributed by atoms with E-state index < -0.39 is 88.6 Å². The number of unbranched alkanes of at least 4 members (excludes halogenated alkanes) is 6. The highest BCUT2D eigenvalue weighted by molar-refractivity contribution is 8.00. The molecule has 0 aliphatic rings. The van der Waals surface area contributed by atoms with Crippen LogP contribution in [0.4, 0.5) is 52.7 Å². The van der Waals surface area contributed by atoms with E-state index in [0.717, 1.165) is 12.1 Å². The molecule has 0 amide bonds. The normalized spacial score (nSPS) is 14.2. The van der Waals surface area contributed by atoms with Gasteiger partial charge in [0.25, 0.3) is 0 Å². The summed E-state index contributed by atoms with van der Waals surface area (Å²) in [5, 5.41) is -1.42. The number of hydrogen-bond acceptors (Lipinski definition) is 5. The monoisotopic (exact) mass is 934 g/mol. The van der Waals surface area contributed by atoms with Crippen molar-refractivity contribution >= 4 is 92.3 Å². The van der Waals surface area contributed by atoms with Gasteiger partial charge in [-0.15, -0.1) is 0 Å². The number of thioether (sulfide) groups is 2. The lowest BCUT2D eigenvalue weighted by Crippen LogP contribution is -2.23. The van der Waals surface area contributed by atoms with E-state index in [2.05, 4.69) is 0 Å². The maximum absolute atomic E-state index is 13.2. The van der Waals surface area contributed by atoms with Crippen LogP contribution in [-0.2, 0) is 35.2 Å². The molecule has 0 saturated carbocycles. The Morgan fingerprint density at radius 1 is 0.509 bits per heavy atom. The van der Waals surface area contributed by atoms with Crippen molar-refractivity contribution in [2.24, 2.45) is 0 Å². The summed E-state index contributed by atoms with van der Waals surface area (Å²) in [6, 6.07) is 1.67. The zero-order valence-electron chi connectivity index (χ0n) is 27.0. The fourth-order valence-electron chi connectivity index (χ4n) is 4.66. The van der Waals surface area contributed by atoms with Gasteiger partial charge in [-0.05, 0) is 72.0 Å². The third-order valence-corrected chi connectivity index (χ3v) is 13.3. The van der Waals surface area contributed by atoms with Crippen molar-refractivity contribution in [3.63, 3.8) is 0 Å². The van der Waals surface area contributed by atoms with Crippen molar-refractivity contribution in [3.8, 4) is 11.5 Å². The quantitative estimate of drug-likeness (QED) is 0.0752. The van der Waals surface area contributed by atoms with Gasteiger partial charge in [0.2, 0.25) is 11.5 Å². The zero-order valence-corrected chi connectivity index (χ0v) is 33.2. The summed E-state index contributed by atoms with van der Waals surface area (Å²) >= 11 is 19.9. The van der Waals surface area contributed by atoms with E-state index >= 15 is 0 Å². The lowest BCUT2D eigenvalue weighted by molar-refractivity contribution is -0.107. The molecule has 0 fully saturated rings. The molecule has 23 heteroatoms. The van der Waals surface area contributed by atoms with E-state index in [4.69, 9.17) is 51.1 Å². The van der Waals surface area contributed by atoms with Crippen molar-refractivity contribution in [2.75, 3.05) is 23.0 Å². The molecule has 0 heterocycles. The first-order chi connectivity index (χ1) is 24.3. The molecule has 0 aliphatic carbocycles. The Hall–Kier alpha value is -0.120. The molecule has 2 aromatic rings. The van der Waals surface area contributed by atoms with Gasteiger partial charge in [0.05, 0.1) is 10.0 Å². The highest BCUT2D eigenvalue weighted by Gasteiger charge is 2.39. The maximum Gasteiger partial charge on any atom is 0.441 e. The minimum Gasteiger partial charge on any atom is -0.611 e. The Kier molecular flexibility index (Phi) is 20.0. The highest BCUT2D eigenvalue weighted by atomic mass is 35.5. The molecule has 0 spiro atoms. The highest BCUT2D eigenvalue weighted by Crippen LogP contribution is 2.47. The van der Waals surface area contributed by atoms with Crippen LogP contribution < -0.4 is 4.74 Å². The van der Waals surface area contributed by atoms with E-state index in [1.54, 1.807) is 0 Å². The van der Waals surface area contributed by atoms with Crippen LogP contribution in [0.1, 0.15) is 62.5 Å². The van der Waals surface area contributed by atoms with Crippen LogP contribution in [0.3, 0.4) is 0 Å². The summed E-state index contributed by atoms with van der Waals surface area (Å²) in [6.45, 7) is 0. The van der Waals surface area contributed by atoms with E-state index in [-0.39, 0.29) is 94.7 Å². The number of benzene rings is 2. The van der Waals surface area contributed by atoms with Gasteiger partial charge in [0, 0.05) is 23.6 Å². The number of ether oxygens (including phenoxy) is 1. The summed E-state index contributed by atoms with van der Waals surface area (Å²) in [5.41, 5.74) is -8.85. The molecule has 304 valence electrons. The van der Waals surface area contributed by atoms with Gasteiger partial charge in [-0.25, -0.2) is 0 Å². The molecule has 0 aliphatic heterocycles. The van der Waals surface area contributed by atoms with Gasteiger partial charge >= 0.3 is 23.4 Å². The SMILES string of the molecule is [O-][S+](CC(F)(F)F)c1cc(Oc2cc([S+]([O-])CC(F)(F)F)c(Cl)c(CCCCCCSC(F)(F)F)c2Cl)c(Cl)c(CCCCCCSC(F)(F)F)c1Cl. The van der Waals surface area contributed by atoms with Crippen molar-refractivity contribution in [1.82, 2.24) is 0 Å². The lowest BCUT2D eigenvalue weighted by atomic mass is 10.0. The Morgan fingerprint density at radius 3 is 1.13 bits per heavy atom. The molecule has 0 N–H and O–H groups in total. The van der Waals surface area contributed by atoms with Crippen LogP contribution in [0, 0.1) is 0 Å². The second-order valence-corrected chi connectivity index (χ2v) is 17.9. The van der Waals surface area contributed by atoms with Gasteiger partial charge in [-0.3, -0.25) is 0 Å². The van der Waals surface area contributed by atoms with Crippen molar-refractivity contribution in [1.29, 1.82) is 0 Å². The number of halogens is 16. The molecule has 0 saturated heterocycles. The third kappa shape index (κ3) is 18.3. The summed E-state index contributed by atoms with van der Waals surface area (Å²) in [7, 11) is 0. The van der Waals surface area contributed by atoms with Crippen LogP contribution in [0.25, 0.3) is 0 Å². The van der Waals surface area contributed by atoms with Crippen molar-refractivity contribution in [3.05, 3.63) is 43.4 Å². The molecule has 0 aromatic heterocycles. The topological polar surface area (TPSA) is 55.3 Å². The van der Waals surface area contributed by atoms with Gasteiger partial charge < -0.3 is 13.8 Å². The van der Waals surface area contributed by atoms with Crippen LogP contribution in [0.15, 0.2) is 21.9 Å². The van der Waals surface area contributed by atoms with Gasteiger partial charge in [-0.2, -0.15) is 52.7 Å². The second-order valence-electron chi connectivity index (χ2n) is 11.2. The summed E-state index contributed by atoms with van der Waals surface area (Å²) in [6.07, 6.45) is -7.71. The largest absolute Gasteiger partial charge is 0.611 e. The van der Waals surface area contributed by atoms with E-state index in [0.29, 0.717) is 25.7 Å². The minimum absolute atomic E-state index is 0.0316. The first kappa shape index (κ1) is 49.0. The standard InChI is InChI=1S/C30H30Cl4F12O3S4/c31-23-17(9-5-1-3-7-11-50-29(41,42)43)25(33)21(52(47)15-27(35,36)37)13-19(23)49-20-14-22(53(48)16-28(38,39)40)26(34)18(24(20)32)10-6-2-4-8-12-51-30(44,45)46/h13-14H,1-12,15-16H2. The number of hydrogen-bond donors (Lipinski definition) is 0. The Bertz CT molecular complexity index is 1370. The maximum atomic E-state index is 13.2. The average Bonchev–Trinajstić information content (AvgIpc) is 2.98. The molecule has 0 radical (unpaired) electrons. The van der Waals surface area contributed by atoms with Crippen LogP contribution in [0.5, 0.6) is 11.5 Å².